The third-order valence-electron chi connectivity index (χ3n) is 4.57. The Kier molecular flexibility index (Phi) is 4.86. The van der Waals surface area contributed by atoms with E-state index in [1.54, 1.807) is 12.1 Å². The van der Waals surface area contributed by atoms with Crippen LogP contribution in [0.15, 0.2) is 77.7 Å². The van der Waals surface area contributed by atoms with Gasteiger partial charge in [-0.2, -0.15) is 0 Å². The number of aryl methyl sites for hydroxylation is 1. The first-order valence-electron chi connectivity index (χ1n) is 8.56. The molecule has 0 saturated carbocycles. The first-order chi connectivity index (χ1) is 12.9. The minimum absolute atomic E-state index is 0.229. The Morgan fingerprint density at radius 3 is 2.41 bits per heavy atom. The Hall–Kier alpha value is -2.06. The van der Waals surface area contributed by atoms with Gasteiger partial charge in [0.2, 0.25) is 0 Å². The van der Waals surface area contributed by atoms with Crippen molar-refractivity contribution in [2.75, 3.05) is 10.8 Å². The van der Waals surface area contributed by atoms with E-state index in [0.29, 0.717) is 11.4 Å². The summed E-state index contributed by atoms with van der Waals surface area (Å²) in [4.78, 5) is 0.284. The summed E-state index contributed by atoms with van der Waals surface area (Å²) in [5, 5.41) is 0. The van der Waals surface area contributed by atoms with Crippen LogP contribution >= 0.6 is 22.6 Å². The maximum absolute atomic E-state index is 13.4. The molecule has 0 fully saturated rings. The van der Waals surface area contributed by atoms with Crippen molar-refractivity contribution in [1.82, 2.24) is 0 Å². The quantitative estimate of drug-likeness (QED) is 0.489. The van der Waals surface area contributed by atoms with Crippen LogP contribution in [-0.4, -0.2) is 15.0 Å². The van der Waals surface area contributed by atoms with Gasteiger partial charge in [-0.25, -0.2) is 8.42 Å². The van der Waals surface area contributed by atoms with Crippen molar-refractivity contribution < 1.29 is 13.2 Å². The Labute approximate surface area is 173 Å². The monoisotopic (exact) mass is 491 g/mol. The van der Waals surface area contributed by atoms with Gasteiger partial charge in [-0.3, -0.25) is 4.31 Å². The number of sulfonamides is 1. The van der Waals surface area contributed by atoms with Gasteiger partial charge in [-0.1, -0.05) is 48.0 Å². The number of benzene rings is 3. The van der Waals surface area contributed by atoms with E-state index in [0.717, 1.165) is 14.7 Å². The van der Waals surface area contributed by atoms with E-state index >= 15 is 0 Å². The summed E-state index contributed by atoms with van der Waals surface area (Å²) >= 11 is 2.18. The summed E-state index contributed by atoms with van der Waals surface area (Å²) in [6.07, 6.45) is -0.362. The van der Waals surface area contributed by atoms with Gasteiger partial charge in [0.25, 0.3) is 10.0 Å². The van der Waals surface area contributed by atoms with E-state index in [2.05, 4.69) is 22.6 Å². The molecule has 1 aliphatic heterocycles. The second-order valence-corrected chi connectivity index (χ2v) is 9.59. The lowest BCUT2D eigenvalue weighted by Crippen LogP contribution is -2.39. The molecule has 6 heteroatoms. The maximum Gasteiger partial charge on any atom is 0.264 e. The molecule has 3 aromatic carbocycles. The highest BCUT2D eigenvalue weighted by Crippen LogP contribution is 2.41. The lowest BCUT2D eigenvalue weighted by Gasteiger charge is -2.35. The third-order valence-corrected chi connectivity index (χ3v) is 7.04. The van der Waals surface area contributed by atoms with Crippen molar-refractivity contribution in [1.29, 1.82) is 0 Å². The molecular formula is C21H18INO3S. The predicted molar refractivity (Wildman–Crippen MR) is 115 cm³/mol. The number of hydrogen-bond donors (Lipinski definition) is 0. The summed E-state index contributed by atoms with van der Waals surface area (Å²) in [7, 11) is -3.70. The van der Waals surface area contributed by atoms with Crippen LogP contribution in [0.2, 0.25) is 0 Å². The summed E-state index contributed by atoms with van der Waals surface area (Å²) < 4.78 is 35.4. The van der Waals surface area contributed by atoms with Crippen LogP contribution in [0.3, 0.4) is 0 Å². The average molecular weight is 491 g/mol. The van der Waals surface area contributed by atoms with Crippen molar-refractivity contribution in [3.63, 3.8) is 0 Å². The summed E-state index contributed by atoms with van der Waals surface area (Å²) in [6.45, 7) is 2.17. The largest absolute Gasteiger partial charge is 0.482 e. The van der Waals surface area contributed by atoms with Gasteiger partial charge in [0, 0.05) is 3.57 Å². The molecule has 1 unspecified atom stereocenters. The van der Waals surface area contributed by atoms with Crippen LogP contribution in [0.5, 0.6) is 5.75 Å². The molecule has 3 aromatic rings. The van der Waals surface area contributed by atoms with Gasteiger partial charge in [-0.05, 0) is 65.4 Å². The first kappa shape index (κ1) is 18.3. The van der Waals surface area contributed by atoms with Gasteiger partial charge in [0.15, 0.2) is 0 Å². The molecule has 1 atom stereocenters. The standard InChI is InChI=1S/C21H18INO3S/c1-15-7-10-18(11-8-15)27(24,25)23-14-21(16-5-3-2-4-6-16)26-20-12-9-17(22)13-19(20)23/h2-13,21H,14H2,1H3. The van der Waals surface area contributed by atoms with E-state index in [9.17, 15) is 8.42 Å². The number of ether oxygens (including phenoxy) is 1. The lowest BCUT2D eigenvalue weighted by molar-refractivity contribution is 0.204. The van der Waals surface area contributed by atoms with Crippen molar-refractivity contribution in [2.45, 2.75) is 17.9 Å². The van der Waals surface area contributed by atoms with Crippen molar-refractivity contribution in [3.8, 4) is 5.75 Å². The SMILES string of the molecule is Cc1ccc(S(=O)(=O)N2CC(c3ccccc3)Oc3ccc(I)cc32)cc1. The molecule has 0 bridgehead atoms. The summed E-state index contributed by atoms with van der Waals surface area (Å²) in [5.41, 5.74) is 2.55. The maximum atomic E-state index is 13.4. The fraction of sp³-hybridized carbons (Fsp3) is 0.143. The van der Waals surface area contributed by atoms with Crippen LogP contribution in [-0.2, 0) is 10.0 Å². The number of halogens is 1. The molecule has 0 radical (unpaired) electrons. The highest BCUT2D eigenvalue weighted by Gasteiger charge is 2.35. The molecule has 0 aromatic heterocycles. The van der Waals surface area contributed by atoms with Crippen LogP contribution in [0.1, 0.15) is 17.2 Å². The molecule has 0 spiro atoms. The van der Waals surface area contributed by atoms with Crippen molar-refractivity contribution in [2.24, 2.45) is 0 Å². The predicted octanol–water partition coefficient (Wildman–Crippen LogP) is 4.93. The minimum atomic E-state index is -3.70. The molecule has 0 aliphatic carbocycles. The lowest BCUT2D eigenvalue weighted by atomic mass is 10.1. The van der Waals surface area contributed by atoms with Crippen LogP contribution in [0.25, 0.3) is 0 Å². The minimum Gasteiger partial charge on any atom is -0.482 e. The summed E-state index contributed by atoms with van der Waals surface area (Å²) in [6, 6.07) is 22.3. The molecule has 0 saturated heterocycles. The summed E-state index contributed by atoms with van der Waals surface area (Å²) in [5.74, 6) is 0.575. The van der Waals surface area contributed by atoms with E-state index in [4.69, 9.17) is 4.74 Å². The molecule has 27 heavy (non-hydrogen) atoms. The smallest absolute Gasteiger partial charge is 0.264 e. The molecule has 1 heterocycles. The molecular weight excluding hydrogens is 473 g/mol. The molecule has 0 amide bonds. The van der Waals surface area contributed by atoms with Gasteiger partial charge in [0.1, 0.15) is 11.9 Å². The van der Waals surface area contributed by atoms with Gasteiger partial charge in [0.05, 0.1) is 17.1 Å². The molecule has 4 rings (SSSR count). The third kappa shape index (κ3) is 3.55. The average Bonchev–Trinajstić information content (AvgIpc) is 2.68. The molecule has 0 N–H and O–H groups in total. The number of hydrogen-bond acceptors (Lipinski definition) is 3. The zero-order valence-electron chi connectivity index (χ0n) is 14.7. The highest BCUT2D eigenvalue weighted by atomic mass is 127. The van der Waals surface area contributed by atoms with Gasteiger partial charge < -0.3 is 4.74 Å². The van der Waals surface area contributed by atoms with Gasteiger partial charge in [-0.15, -0.1) is 0 Å². The Balaban J connectivity index is 1.82. The fourth-order valence-electron chi connectivity index (χ4n) is 3.13. The van der Waals surface area contributed by atoms with Crippen molar-refractivity contribution >= 4 is 38.3 Å². The van der Waals surface area contributed by atoms with Crippen molar-refractivity contribution in [3.05, 3.63) is 87.5 Å². The topological polar surface area (TPSA) is 46.6 Å². The second kappa shape index (κ2) is 7.16. The van der Waals surface area contributed by atoms with Crippen LogP contribution in [0.4, 0.5) is 5.69 Å². The van der Waals surface area contributed by atoms with Crippen LogP contribution < -0.4 is 9.04 Å². The molecule has 4 nitrogen and oxygen atoms in total. The highest BCUT2D eigenvalue weighted by molar-refractivity contribution is 14.1. The number of nitrogens with zero attached hydrogens (tertiary/aromatic N) is 1. The number of fused-ring (bicyclic) bond motifs is 1. The van der Waals surface area contributed by atoms with E-state index < -0.39 is 10.0 Å². The fourth-order valence-corrected chi connectivity index (χ4v) is 5.07. The Morgan fingerprint density at radius 1 is 1.00 bits per heavy atom. The van der Waals surface area contributed by atoms with E-state index in [1.165, 1.54) is 4.31 Å². The normalized spacial score (nSPS) is 16.5. The van der Waals surface area contributed by atoms with E-state index in [-0.39, 0.29) is 17.5 Å². The zero-order chi connectivity index (χ0) is 19.0. The van der Waals surface area contributed by atoms with Gasteiger partial charge >= 0.3 is 0 Å². The number of rotatable bonds is 3. The molecule has 138 valence electrons. The first-order valence-corrected chi connectivity index (χ1v) is 11.1. The molecule has 1 aliphatic rings. The zero-order valence-corrected chi connectivity index (χ0v) is 17.6. The van der Waals surface area contributed by atoms with E-state index in [1.807, 2.05) is 67.6 Å². The number of anilines is 1. The Bertz CT molecular complexity index is 1070. The Morgan fingerprint density at radius 2 is 1.70 bits per heavy atom. The van der Waals surface area contributed by atoms with Crippen LogP contribution in [0, 0.1) is 10.5 Å². The second-order valence-electron chi connectivity index (χ2n) is 6.48.